The lowest BCUT2D eigenvalue weighted by Crippen LogP contribution is -2.72. The summed E-state index contributed by atoms with van der Waals surface area (Å²) in [7, 11) is 3.92. The van der Waals surface area contributed by atoms with Gasteiger partial charge in [0.2, 0.25) is 17.7 Å². The van der Waals surface area contributed by atoms with Crippen molar-refractivity contribution in [3.8, 4) is 22.9 Å². The summed E-state index contributed by atoms with van der Waals surface area (Å²) in [6.07, 6.45) is 8.26. The predicted molar refractivity (Wildman–Crippen MR) is 268 cm³/mol. The zero-order chi connectivity index (χ0) is 50.2. The smallest absolute Gasteiger partial charge is 0.413 e. The maximum absolute atomic E-state index is 13.6. The van der Waals surface area contributed by atoms with Gasteiger partial charge in [-0.2, -0.15) is 0 Å². The number of ether oxygens (including phenoxy) is 4. The molecule has 0 radical (unpaired) electrons. The number of amides is 3. The van der Waals surface area contributed by atoms with Crippen LogP contribution in [0.1, 0.15) is 69.8 Å². The number of unbranched alkanes of at least 4 members (excludes halogenated alkanes) is 1. The van der Waals surface area contributed by atoms with Crippen LogP contribution in [0, 0.1) is 5.41 Å². The van der Waals surface area contributed by atoms with Gasteiger partial charge in [-0.05, 0) is 121 Å². The molecule has 2 saturated carbocycles. The largest absolute Gasteiger partial charge is 0.507 e. The number of carboxylic acids is 1. The van der Waals surface area contributed by atoms with Crippen molar-refractivity contribution in [2.24, 2.45) is 5.41 Å². The molecule has 3 aliphatic heterocycles. The number of aromatic hydroxyl groups is 1. The zero-order valence-corrected chi connectivity index (χ0v) is 41.0. The summed E-state index contributed by atoms with van der Waals surface area (Å²) in [5.74, 6) is -1.47. The summed E-state index contributed by atoms with van der Waals surface area (Å²) in [6.45, 7) is 5.31. The maximum Gasteiger partial charge on any atom is 0.413 e. The number of phenolic OH excluding ortho intramolecular Hbond substituents is 1. The van der Waals surface area contributed by atoms with Gasteiger partial charge in [-0.1, -0.05) is 30.7 Å². The average molecular weight is 991 g/mol. The second-order valence-corrected chi connectivity index (χ2v) is 20.0. The lowest BCUT2D eigenvalue weighted by molar-refractivity contribution is -0.162. The fourth-order valence-corrected chi connectivity index (χ4v) is 10.0. The second kappa shape index (κ2) is 22.4. The molecule has 1 spiro atoms. The van der Waals surface area contributed by atoms with Crippen LogP contribution in [-0.2, 0) is 35.2 Å². The standard InChI is InChI=1S/C52H66N10O10/c1-60(2)23-6-5-9-41(56-48(65)52(49(66)67)18-7-19-52)47(64)55-35-13-11-34(12-14-35)30-70-50(68)57-46-43(29-42(58-59-46)40-8-3-4-10-44(40)63)61-24-25-62(51(31-61)32-69-33-51)36-15-22-54-45(26-36)72-39-27-38(28-39)71-37-16-20-53-21-17-37/h3-4,8,10-15,22,26,29,37-39,41,53,63H,5-7,9,16-21,23-25,27-28,30-33H2,1-2H3,(H,55,64)(H,56,65)(H,66,67)(H,57,59,68). The molecule has 3 amide bonds. The number of piperazine rings is 1. The van der Waals surface area contributed by atoms with Gasteiger partial charge in [0, 0.05) is 61.7 Å². The minimum atomic E-state index is -1.51. The Kier molecular flexibility index (Phi) is 15.7. The number of carbonyl (C=O) groups excluding carboxylic acids is 3. The van der Waals surface area contributed by atoms with Crippen molar-refractivity contribution in [3.05, 3.63) is 78.5 Å². The van der Waals surface area contributed by atoms with Crippen LogP contribution >= 0.6 is 0 Å². The van der Waals surface area contributed by atoms with E-state index >= 15 is 0 Å². The Labute approximate surface area is 419 Å². The number of carbonyl (C=O) groups is 4. The van der Waals surface area contributed by atoms with Crippen LogP contribution in [0.15, 0.2) is 72.9 Å². The van der Waals surface area contributed by atoms with Crippen LogP contribution in [-0.4, -0.2) is 151 Å². The first kappa shape index (κ1) is 50.3. The van der Waals surface area contributed by atoms with E-state index in [9.17, 15) is 29.4 Å². The summed E-state index contributed by atoms with van der Waals surface area (Å²) in [6, 6.07) is 18.5. The minimum absolute atomic E-state index is 0.0411. The zero-order valence-electron chi connectivity index (χ0n) is 41.0. The van der Waals surface area contributed by atoms with E-state index < -0.39 is 40.9 Å². The molecule has 20 heteroatoms. The maximum atomic E-state index is 13.6. The molecule has 384 valence electrons. The van der Waals surface area contributed by atoms with E-state index in [0.29, 0.717) is 92.3 Å². The normalized spacial score (nSPS) is 20.6. The highest BCUT2D eigenvalue weighted by Crippen LogP contribution is 2.42. The van der Waals surface area contributed by atoms with Crippen molar-refractivity contribution in [3.63, 3.8) is 0 Å². The Morgan fingerprint density at radius 2 is 1.71 bits per heavy atom. The highest BCUT2D eigenvalue weighted by atomic mass is 16.5. The van der Waals surface area contributed by atoms with Crippen LogP contribution in [0.3, 0.4) is 0 Å². The first-order valence-electron chi connectivity index (χ1n) is 25.1. The number of para-hydroxylation sites is 1. The van der Waals surface area contributed by atoms with Gasteiger partial charge in [0.15, 0.2) is 5.82 Å². The van der Waals surface area contributed by atoms with Gasteiger partial charge >= 0.3 is 12.1 Å². The van der Waals surface area contributed by atoms with Crippen LogP contribution in [0.2, 0.25) is 0 Å². The van der Waals surface area contributed by atoms with Crippen LogP contribution in [0.5, 0.6) is 11.6 Å². The van der Waals surface area contributed by atoms with Crippen molar-refractivity contribution in [1.82, 2.24) is 30.7 Å². The molecule has 0 bridgehead atoms. The third-order valence-corrected chi connectivity index (χ3v) is 14.6. The van der Waals surface area contributed by atoms with Gasteiger partial charge in [0.1, 0.15) is 35.5 Å². The number of hydrogen-bond acceptors (Lipinski definition) is 16. The van der Waals surface area contributed by atoms with E-state index in [4.69, 9.17) is 18.9 Å². The molecule has 5 aliphatic rings. The van der Waals surface area contributed by atoms with Crippen LogP contribution < -0.4 is 35.8 Å². The topological polar surface area (TPSA) is 242 Å². The Balaban J connectivity index is 0.832. The fraction of sp³-hybridized carbons (Fsp3) is 0.519. The fourth-order valence-electron chi connectivity index (χ4n) is 10.0. The molecule has 9 rings (SSSR count). The monoisotopic (exact) mass is 990 g/mol. The second-order valence-electron chi connectivity index (χ2n) is 20.0. The van der Waals surface area contributed by atoms with E-state index in [2.05, 4.69) is 46.2 Å². The average Bonchev–Trinajstić information content (AvgIpc) is 3.33. The molecule has 5 heterocycles. The number of nitrogens with zero attached hydrogens (tertiary/aromatic N) is 6. The Hall–Kier alpha value is -6.61. The van der Waals surface area contributed by atoms with Crippen molar-refractivity contribution < 1.29 is 48.3 Å². The molecule has 1 unspecified atom stereocenters. The van der Waals surface area contributed by atoms with E-state index in [1.54, 1.807) is 54.7 Å². The van der Waals surface area contributed by atoms with Gasteiger partial charge < -0.3 is 59.8 Å². The molecule has 1 atom stereocenters. The SMILES string of the molecule is CN(C)CCCCC(NC(=O)C1(C(=O)O)CCC1)C(=O)Nc1ccc(COC(=O)Nc2nnc(-c3ccccc3O)cc2N2CCN(c3ccnc(OC4CC(OC5CCNCC5)C4)c3)C3(COC3)C2)cc1. The predicted octanol–water partition coefficient (Wildman–Crippen LogP) is 5.18. The number of aliphatic carboxylic acids is 1. The number of phenols is 1. The third-order valence-electron chi connectivity index (χ3n) is 14.6. The first-order valence-corrected chi connectivity index (χ1v) is 25.1. The first-order chi connectivity index (χ1) is 34.9. The highest BCUT2D eigenvalue weighted by Gasteiger charge is 2.52. The Morgan fingerprint density at radius 3 is 2.40 bits per heavy atom. The number of nitrogens with one attached hydrogen (secondary N) is 4. The number of piperidine rings is 1. The molecule has 2 aliphatic carbocycles. The number of aromatic nitrogens is 3. The molecule has 20 nitrogen and oxygen atoms in total. The summed E-state index contributed by atoms with van der Waals surface area (Å²) in [5, 5.41) is 41.3. The molecule has 2 aromatic heterocycles. The van der Waals surface area contributed by atoms with Crippen molar-refractivity contribution in [2.45, 2.75) is 101 Å². The quantitative estimate of drug-likeness (QED) is 0.0494. The molecule has 2 aromatic carbocycles. The molecular weight excluding hydrogens is 925 g/mol. The Morgan fingerprint density at radius 1 is 0.931 bits per heavy atom. The number of pyridine rings is 1. The number of rotatable bonds is 20. The highest BCUT2D eigenvalue weighted by molar-refractivity contribution is 6.05. The number of benzene rings is 2. The summed E-state index contributed by atoms with van der Waals surface area (Å²) in [5.41, 5.74) is 1.65. The molecule has 3 saturated heterocycles. The Bertz CT molecular complexity index is 2550. The van der Waals surface area contributed by atoms with Gasteiger partial charge in [0.25, 0.3) is 0 Å². The van der Waals surface area contributed by atoms with Gasteiger partial charge in [-0.25, -0.2) is 9.78 Å². The van der Waals surface area contributed by atoms with E-state index in [-0.39, 0.29) is 43.2 Å². The minimum Gasteiger partial charge on any atom is -0.507 e. The van der Waals surface area contributed by atoms with E-state index in [1.807, 2.05) is 37.2 Å². The van der Waals surface area contributed by atoms with Crippen molar-refractivity contribution >= 4 is 46.8 Å². The molecular formula is C52H66N10O10. The number of carboxylic acid groups (broad SMARTS) is 1. The molecule has 72 heavy (non-hydrogen) atoms. The number of hydrogen-bond donors (Lipinski definition) is 6. The van der Waals surface area contributed by atoms with Gasteiger partial charge in [-0.3, -0.25) is 19.7 Å². The van der Waals surface area contributed by atoms with E-state index in [1.165, 1.54) is 0 Å². The lowest BCUT2D eigenvalue weighted by atomic mass is 9.68. The van der Waals surface area contributed by atoms with Crippen molar-refractivity contribution in [2.75, 3.05) is 87.0 Å². The third kappa shape index (κ3) is 11.7. The van der Waals surface area contributed by atoms with E-state index in [0.717, 1.165) is 57.4 Å². The number of anilines is 4. The summed E-state index contributed by atoms with van der Waals surface area (Å²) in [4.78, 5) is 63.4. The summed E-state index contributed by atoms with van der Waals surface area (Å²) < 4.78 is 24.2. The lowest BCUT2D eigenvalue weighted by Gasteiger charge is -2.56. The van der Waals surface area contributed by atoms with Crippen LogP contribution in [0.25, 0.3) is 11.3 Å². The molecule has 5 fully saturated rings. The summed E-state index contributed by atoms with van der Waals surface area (Å²) >= 11 is 0. The van der Waals surface area contributed by atoms with Gasteiger partial charge in [0.05, 0.1) is 36.8 Å². The molecule has 6 N–H and O–H groups in total. The van der Waals surface area contributed by atoms with Crippen LogP contribution in [0.4, 0.5) is 27.7 Å². The van der Waals surface area contributed by atoms with Gasteiger partial charge in [-0.15, -0.1) is 10.2 Å². The molecule has 4 aromatic rings. The van der Waals surface area contributed by atoms with Crippen molar-refractivity contribution in [1.29, 1.82) is 0 Å².